The molecule has 0 unspecified atom stereocenters. The van der Waals surface area contributed by atoms with E-state index in [1.54, 1.807) is 10.9 Å². The summed E-state index contributed by atoms with van der Waals surface area (Å²) in [6.07, 6.45) is 0. The van der Waals surface area contributed by atoms with Crippen molar-refractivity contribution in [3.05, 3.63) is 40.3 Å². The Bertz CT molecular complexity index is 558. The van der Waals surface area contributed by atoms with Gasteiger partial charge in [-0.05, 0) is 25.1 Å². The highest BCUT2D eigenvalue weighted by molar-refractivity contribution is 9.08. The zero-order chi connectivity index (χ0) is 13.7. The van der Waals surface area contributed by atoms with Crippen molar-refractivity contribution in [1.82, 2.24) is 4.98 Å². The molecule has 1 aromatic heterocycles. The van der Waals surface area contributed by atoms with E-state index < -0.39 is 0 Å². The average Bonchev–Trinajstić information content (AvgIpc) is 2.94. The van der Waals surface area contributed by atoms with Gasteiger partial charge in [0.05, 0.1) is 12.1 Å². The van der Waals surface area contributed by atoms with Gasteiger partial charge in [-0.15, -0.1) is 11.3 Å². The number of halogens is 1. The maximum Gasteiger partial charge on any atom is 0.275 e. The summed E-state index contributed by atoms with van der Waals surface area (Å²) in [5.74, 6) is 0.622. The Labute approximate surface area is 124 Å². The summed E-state index contributed by atoms with van der Waals surface area (Å²) in [6, 6.07) is 5.57. The average molecular weight is 341 g/mol. The van der Waals surface area contributed by atoms with Gasteiger partial charge in [0.1, 0.15) is 11.4 Å². The van der Waals surface area contributed by atoms with E-state index >= 15 is 0 Å². The zero-order valence-electron chi connectivity index (χ0n) is 10.4. The van der Waals surface area contributed by atoms with Crippen LogP contribution in [0.1, 0.15) is 23.0 Å². The Kier molecular flexibility index (Phi) is 4.93. The highest BCUT2D eigenvalue weighted by Crippen LogP contribution is 2.25. The van der Waals surface area contributed by atoms with Gasteiger partial charge in [0.15, 0.2) is 0 Å². The fourth-order valence-corrected chi connectivity index (χ4v) is 2.55. The largest absolute Gasteiger partial charge is 0.494 e. The number of amides is 1. The maximum atomic E-state index is 11.9. The number of thiazole rings is 1. The number of nitrogens with one attached hydrogen (secondary N) is 1. The molecule has 0 aliphatic carbocycles. The van der Waals surface area contributed by atoms with Crippen LogP contribution in [0.2, 0.25) is 0 Å². The van der Waals surface area contributed by atoms with Crippen LogP contribution in [0.5, 0.6) is 5.75 Å². The minimum Gasteiger partial charge on any atom is -0.494 e. The van der Waals surface area contributed by atoms with Crippen LogP contribution in [-0.2, 0) is 5.33 Å². The molecule has 4 nitrogen and oxygen atoms in total. The first-order chi connectivity index (χ1) is 9.24. The molecule has 0 atom stereocenters. The third-order valence-electron chi connectivity index (χ3n) is 2.43. The second-order valence-electron chi connectivity index (χ2n) is 3.72. The summed E-state index contributed by atoms with van der Waals surface area (Å²) in [5, 5.41) is 5.20. The summed E-state index contributed by atoms with van der Waals surface area (Å²) < 4.78 is 5.51. The standard InChI is InChI=1S/C13H13BrN2O2S/c1-2-18-12-4-3-10(5-9(12)6-14)16-13(17)11-7-19-8-15-11/h3-5,7-8H,2,6H2,1H3,(H,16,17). The van der Waals surface area contributed by atoms with Gasteiger partial charge in [-0.2, -0.15) is 0 Å². The molecule has 19 heavy (non-hydrogen) atoms. The number of rotatable bonds is 5. The third kappa shape index (κ3) is 3.54. The molecular weight excluding hydrogens is 328 g/mol. The molecule has 2 aromatic rings. The molecule has 0 radical (unpaired) electrons. The molecule has 1 aromatic carbocycles. The number of nitrogens with zero attached hydrogens (tertiary/aromatic N) is 1. The molecule has 0 spiro atoms. The van der Waals surface area contributed by atoms with Crippen LogP contribution in [0.3, 0.4) is 0 Å². The Morgan fingerprint density at radius 2 is 2.37 bits per heavy atom. The predicted molar refractivity (Wildman–Crippen MR) is 80.3 cm³/mol. The fraction of sp³-hybridized carbons (Fsp3) is 0.231. The van der Waals surface area contributed by atoms with E-state index in [1.165, 1.54) is 11.3 Å². The Morgan fingerprint density at radius 1 is 1.53 bits per heavy atom. The quantitative estimate of drug-likeness (QED) is 0.844. The number of hydrogen-bond acceptors (Lipinski definition) is 4. The van der Waals surface area contributed by atoms with Crippen LogP contribution in [0.25, 0.3) is 0 Å². The van der Waals surface area contributed by atoms with Crippen LogP contribution >= 0.6 is 27.3 Å². The fourth-order valence-electron chi connectivity index (χ4n) is 1.58. The minimum absolute atomic E-state index is 0.203. The zero-order valence-corrected chi connectivity index (χ0v) is 12.8. The van der Waals surface area contributed by atoms with Crippen molar-refractivity contribution >= 4 is 38.9 Å². The van der Waals surface area contributed by atoms with Crippen LogP contribution in [0, 0.1) is 0 Å². The molecule has 0 saturated heterocycles. The normalized spacial score (nSPS) is 10.2. The molecule has 100 valence electrons. The summed E-state index contributed by atoms with van der Waals surface area (Å²) in [4.78, 5) is 15.8. The molecule has 6 heteroatoms. The van der Waals surface area contributed by atoms with Gasteiger partial charge in [0, 0.05) is 22.0 Å². The van der Waals surface area contributed by atoms with Crippen molar-refractivity contribution in [2.45, 2.75) is 12.3 Å². The summed E-state index contributed by atoms with van der Waals surface area (Å²) >= 11 is 4.81. The number of anilines is 1. The maximum absolute atomic E-state index is 11.9. The van der Waals surface area contributed by atoms with Gasteiger partial charge >= 0.3 is 0 Å². The van der Waals surface area contributed by atoms with E-state index in [0.717, 1.165) is 17.0 Å². The lowest BCUT2D eigenvalue weighted by Crippen LogP contribution is -2.12. The van der Waals surface area contributed by atoms with Crippen LogP contribution in [0.4, 0.5) is 5.69 Å². The van der Waals surface area contributed by atoms with E-state index in [0.29, 0.717) is 17.6 Å². The van der Waals surface area contributed by atoms with Crippen molar-refractivity contribution in [1.29, 1.82) is 0 Å². The molecular formula is C13H13BrN2O2S. The molecule has 2 rings (SSSR count). The topological polar surface area (TPSA) is 51.2 Å². The number of hydrogen-bond donors (Lipinski definition) is 1. The van der Waals surface area contributed by atoms with Crippen molar-refractivity contribution < 1.29 is 9.53 Å². The van der Waals surface area contributed by atoms with E-state index in [2.05, 4.69) is 26.2 Å². The minimum atomic E-state index is -0.203. The number of carbonyl (C=O) groups is 1. The molecule has 0 saturated carbocycles. The number of ether oxygens (including phenoxy) is 1. The van der Waals surface area contributed by atoms with Gasteiger partial charge in [0.2, 0.25) is 0 Å². The SMILES string of the molecule is CCOc1ccc(NC(=O)c2cscn2)cc1CBr. The molecule has 1 N–H and O–H groups in total. The van der Waals surface area contributed by atoms with Gasteiger partial charge in [-0.1, -0.05) is 15.9 Å². The van der Waals surface area contributed by atoms with Crippen LogP contribution < -0.4 is 10.1 Å². The molecule has 0 aliphatic rings. The summed E-state index contributed by atoms with van der Waals surface area (Å²) in [5.41, 5.74) is 3.80. The molecule has 0 aliphatic heterocycles. The first-order valence-corrected chi connectivity index (χ1v) is 7.82. The summed E-state index contributed by atoms with van der Waals surface area (Å²) in [6.45, 7) is 2.56. The Hall–Kier alpha value is -1.40. The first kappa shape index (κ1) is 14.0. The van der Waals surface area contributed by atoms with E-state index in [-0.39, 0.29) is 5.91 Å². The van der Waals surface area contributed by atoms with Gasteiger partial charge in [-0.25, -0.2) is 4.98 Å². The lowest BCUT2D eigenvalue weighted by atomic mass is 10.2. The predicted octanol–water partition coefficient (Wildman–Crippen LogP) is 3.69. The number of alkyl halides is 1. The lowest BCUT2D eigenvalue weighted by Gasteiger charge is -2.10. The van der Waals surface area contributed by atoms with Crippen LogP contribution in [0.15, 0.2) is 29.1 Å². The molecule has 1 amide bonds. The second kappa shape index (κ2) is 6.68. The Balaban J connectivity index is 2.15. The molecule has 0 fully saturated rings. The molecule has 1 heterocycles. The number of aromatic nitrogens is 1. The van der Waals surface area contributed by atoms with E-state index in [4.69, 9.17) is 4.74 Å². The first-order valence-electron chi connectivity index (χ1n) is 5.75. The number of carbonyl (C=O) groups excluding carboxylic acids is 1. The van der Waals surface area contributed by atoms with Crippen molar-refractivity contribution in [2.75, 3.05) is 11.9 Å². The monoisotopic (exact) mass is 340 g/mol. The molecule has 0 bridgehead atoms. The van der Waals surface area contributed by atoms with Crippen LogP contribution in [-0.4, -0.2) is 17.5 Å². The van der Waals surface area contributed by atoms with Gasteiger partial charge in [0.25, 0.3) is 5.91 Å². The van der Waals surface area contributed by atoms with Crippen molar-refractivity contribution in [3.8, 4) is 5.75 Å². The van der Waals surface area contributed by atoms with E-state index in [9.17, 15) is 4.79 Å². The summed E-state index contributed by atoms with van der Waals surface area (Å²) in [7, 11) is 0. The highest BCUT2D eigenvalue weighted by atomic mass is 79.9. The van der Waals surface area contributed by atoms with Gasteiger partial charge < -0.3 is 10.1 Å². The Morgan fingerprint density at radius 3 is 3.00 bits per heavy atom. The number of benzene rings is 1. The third-order valence-corrected chi connectivity index (χ3v) is 3.62. The van der Waals surface area contributed by atoms with E-state index in [1.807, 2.05) is 25.1 Å². The highest BCUT2D eigenvalue weighted by Gasteiger charge is 2.10. The smallest absolute Gasteiger partial charge is 0.275 e. The second-order valence-corrected chi connectivity index (χ2v) is 5.00. The van der Waals surface area contributed by atoms with Crippen molar-refractivity contribution in [3.63, 3.8) is 0 Å². The lowest BCUT2D eigenvalue weighted by molar-refractivity contribution is 0.102. The van der Waals surface area contributed by atoms with Crippen molar-refractivity contribution in [2.24, 2.45) is 0 Å². The van der Waals surface area contributed by atoms with Gasteiger partial charge in [-0.3, -0.25) is 4.79 Å².